The highest BCUT2D eigenvalue weighted by Gasteiger charge is 2.33. The van der Waals surface area contributed by atoms with Crippen LogP contribution in [0.4, 0.5) is 0 Å². The minimum atomic E-state index is -1.67. The van der Waals surface area contributed by atoms with E-state index in [0.717, 1.165) is 0 Å². The highest BCUT2D eigenvalue weighted by molar-refractivity contribution is 5.94. The molecule has 35 heavy (non-hydrogen) atoms. The van der Waals surface area contributed by atoms with Crippen LogP contribution in [0.25, 0.3) is 0 Å². The Hall–Kier alpha value is -2.44. The SMILES string of the molecule is CC(C)C[C@H](N)[C@@H](O)CC(=O)N[C@H](C(=O)N[C@H](C(=O)N[C@@H](CC(=O)O)C(=O)O)C(C)C)C(C)C.Cl. The first kappa shape index (κ1) is 34.7. The molecule has 8 N–H and O–H groups in total. The zero-order valence-electron chi connectivity index (χ0n) is 21.1. The van der Waals surface area contributed by atoms with Crippen molar-refractivity contribution in [3.05, 3.63) is 0 Å². The van der Waals surface area contributed by atoms with E-state index in [0.29, 0.717) is 6.42 Å². The Morgan fingerprint density at radius 2 is 1.23 bits per heavy atom. The molecule has 0 aromatic rings. The summed E-state index contributed by atoms with van der Waals surface area (Å²) in [5.74, 6) is -5.66. The summed E-state index contributed by atoms with van der Waals surface area (Å²) in [6.45, 7) is 10.5. The molecular formula is C22H41ClN4O8. The van der Waals surface area contributed by atoms with Gasteiger partial charge in [-0.25, -0.2) is 4.79 Å². The maximum atomic E-state index is 12.9. The Morgan fingerprint density at radius 3 is 1.63 bits per heavy atom. The number of amides is 3. The largest absolute Gasteiger partial charge is 0.481 e. The first-order valence-electron chi connectivity index (χ1n) is 11.3. The first-order valence-corrected chi connectivity index (χ1v) is 11.3. The number of hydrogen-bond acceptors (Lipinski definition) is 7. The van der Waals surface area contributed by atoms with Crippen LogP contribution in [-0.4, -0.2) is 75.3 Å². The van der Waals surface area contributed by atoms with Crippen molar-refractivity contribution in [3.63, 3.8) is 0 Å². The number of carbonyl (C=O) groups is 5. The van der Waals surface area contributed by atoms with Crippen molar-refractivity contribution < 1.29 is 39.3 Å². The highest BCUT2D eigenvalue weighted by Crippen LogP contribution is 2.11. The van der Waals surface area contributed by atoms with Crippen molar-refractivity contribution in [3.8, 4) is 0 Å². The van der Waals surface area contributed by atoms with E-state index < -0.39 is 72.3 Å². The molecular weight excluding hydrogens is 484 g/mol. The van der Waals surface area contributed by atoms with Gasteiger partial charge in [-0.2, -0.15) is 0 Å². The van der Waals surface area contributed by atoms with E-state index in [2.05, 4.69) is 16.0 Å². The normalized spacial score (nSPS) is 15.4. The predicted octanol–water partition coefficient (Wildman–Crippen LogP) is -0.142. The van der Waals surface area contributed by atoms with Crippen LogP contribution in [0.3, 0.4) is 0 Å². The number of hydrogen-bond donors (Lipinski definition) is 7. The number of rotatable bonds is 15. The molecule has 0 aliphatic carbocycles. The molecule has 3 amide bonds. The van der Waals surface area contributed by atoms with Gasteiger partial charge < -0.3 is 37.0 Å². The molecule has 0 saturated heterocycles. The van der Waals surface area contributed by atoms with Gasteiger partial charge in [0.25, 0.3) is 0 Å². The fourth-order valence-corrected chi connectivity index (χ4v) is 3.22. The molecule has 0 fully saturated rings. The van der Waals surface area contributed by atoms with Gasteiger partial charge in [0.05, 0.1) is 18.9 Å². The van der Waals surface area contributed by atoms with Crippen molar-refractivity contribution in [2.24, 2.45) is 23.5 Å². The van der Waals surface area contributed by atoms with Crippen molar-refractivity contribution in [2.45, 2.75) is 91.1 Å². The zero-order valence-corrected chi connectivity index (χ0v) is 21.9. The summed E-state index contributed by atoms with van der Waals surface area (Å²) in [6.07, 6.45) is -1.69. The number of nitrogens with two attached hydrogens (primary N) is 1. The quantitative estimate of drug-likeness (QED) is 0.152. The van der Waals surface area contributed by atoms with Crippen LogP contribution >= 0.6 is 12.4 Å². The lowest BCUT2D eigenvalue weighted by molar-refractivity contribution is -0.147. The van der Waals surface area contributed by atoms with Gasteiger partial charge in [-0.15, -0.1) is 12.4 Å². The van der Waals surface area contributed by atoms with Gasteiger partial charge >= 0.3 is 11.9 Å². The summed E-state index contributed by atoms with van der Waals surface area (Å²) in [5, 5.41) is 35.4. The zero-order chi connectivity index (χ0) is 26.7. The molecule has 0 aromatic heterocycles. The number of carbonyl (C=O) groups excluding carboxylic acids is 3. The van der Waals surface area contributed by atoms with E-state index in [1.165, 1.54) is 0 Å². The summed E-state index contributed by atoms with van der Waals surface area (Å²) in [4.78, 5) is 60.1. The Kier molecular flexibility index (Phi) is 16.1. The third-order valence-corrected chi connectivity index (χ3v) is 5.14. The average molecular weight is 525 g/mol. The molecule has 0 radical (unpaired) electrons. The molecule has 0 aromatic carbocycles. The molecule has 0 aliphatic heterocycles. The minimum absolute atomic E-state index is 0. The van der Waals surface area contributed by atoms with Gasteiger partial charge in [0, 0.05) is 6.04 Å². The molecule has 0 aliphatic rings. The van der Waals surface area contributed by atoms with E-state index in [1.54, 1.807) is 27.7 Å². The highest BCUT2D eigenvalue weighted by atomic mass is 35.5. The van der Waals surface area contributed by atoms with Crippen LogP contribution < -0.4 is 21.7 Å². The number of aliphatic hydroxyl groups excluding tert-OH is 1. The van der Waals surface area contributed by atoms with E-state index in [9.17, 15) is 29.1 Å². The third-order valence-electron chi connectivity index (χ3n) is 5.14. The van der Waals surface area contributed by atoms with Crippen LogP contribution in [0.5, 0.6) is 0 Å². The molecule has 12 nitrogen and oxygen atoms in total. The van der Waals surface area contributed by atoms with Gasteiger partial charge in [-0.05, 0) is 24.2 Å². The second-order valence-corrected chi connectivity index (χ2v) is 9.58. The minimum Gasteiger partial charge on any atom is -0.481 e. The van der Waals surface area contributed by atoms with Crippen molar-refractivity contribution >= 4 is 42.1 Å². The second kappa shape index (κ2) is 16.3. The first-order chi connectivity index (χ1) is 15.6. The van der Waals surface area contributed by atoms with Crippen LogP contribution in [0.2, 0.25) is 0 Å². The van der Waals surface area contributed by atoms with Gasteiger partial charge in [-0.3, -0.25) is 19.2 Å². The fourth-order valence-electron chi connectivity index (χ4n) is 3.22. The van der Waals surface area contributed by atoms with Crippen LogP contribution in [0.1, 0.15) is 60.8 Å². The lowest BCUT2D eigenvalue weighted by atomic mass is 9.97. The number of halogens is 1. The molecule has 0 unspecified atom stereocenters. The molecule has 0 heterocycles. The van der Waals surface area contributed by atoms with E-state index in [4.69, 9.17) is 15.9 Å². The average Bonchev–Trinajstić information content (AvgIpc) is 2.67. The Balaban J connectivity index is 0. The number of aliphatic carboxylic acids is 2. The summed E-state index contributed by atoms with van der Waals surface area (Å²) in [6, 6.07) is -4.48. The third kappa shape index (κ3) is 13.3. The summed E-state index contributed by atoms with van der Waals surface area (Å²) in [5.41, 5.74) is 5.91. The van der Waals surface area contributed by atoms with Gasteiger partial charge in [0.15, 0.2) is 0 Å². The molecule has 0 bridgehead atoms. The fraction of sp³-hybridized carbons (Fsp3) is 0.773. The second-order valence-electron chi connectivity index (χ2n) is 9.58. The van der Waals surface area contributed by atoms with Crippen molar-refractivity contribution in [2.75, 3.05) is 0 Å². The maximum absolute atomic E-state index is 12.9. The van der Waals surface area contributed by atoms with Gasteiger partial charge in [0.2, 0.25) is 17.7 Å². The van der Waals surface area contributed by atoms with Crippen LogP contribution in [0, 0.1) is 17.8 Å². The summed E-state index contributed by atoms with van der Waals surface area (Å²) in [7, 11) is 0. The van der Waals surface area contributed by atoms with Gasteiger partial charge in [0.1, 0.15) is 18.1 Å². The number of nitrogens with one attached hydrogen (secondary N) is 3. The monoisotopic (exact) mass is 524 g/mol. The van der Waals surface area contributed by atoms with Crippen LogP contribution in [0.15, 0.2) is 0 Å². The van der Waals surface area contributed by atoms with Crippen molar-refractivity contribution in [1.29, 1.82) is 0 Å². The Bertz CT molecular complexity index is 732. The Labute approximate surface area is 212 Å². The van der Waals surface area contributed by atoms with E-state index in [1.807, 2.05) is 13.8 Å². The molecule has 0 saturated carbocycles. The molecule has 0 rings (SSSR count). The number of aliphatic hydroxyl groups is 1. The molecule has 13 heteroatoms. The van der Waals surface area contributed by atoms with Crippen LogP contribution in [-0.2, 0) is 24.0 Å². The summed E-state index contributed by atoms with van der Waals surface area (Å²) < 4.78 is 0. The topological polar surface area (TPSA) is 208 Å². The van der Waals surface area contributed by atoms with Gasteiger partial charge in [-0.1, -0.05) is 41.5 Å². The molecule has 5 atom stereocenters. The van der Waals surface area contributed by atoms with Crippen molar-refractivity contribution in [1.82, 2.24) is 16.0 Å². The molecule has 0 spiro atoms. The Morgan fingerprint density at radius 1 is 0.771 bits per heavy atom. The molecule has 204 valence electrons. The maximum Gasteiger partial charge on any atom is 0.326 e. The smallest absolute Gasteiger partial charge is 0.326 e. The predicted molar refractivity (Wildman–Crippen MR) is 131 cm³/mol. The lowest BCUT2D eigenvalue weighted by Gasteiger charge is -2.28. The summed E-state index contributed by atoms with van der Waals surface area (Å²) >= 11 is 0. The standard InChI is InChI=1S/C22H40N4O8.ClH/c1-10(2)7-13(23)15(27)9-16(28)25-18(11(3)4)21(32)26-19(12(5)6)20(31)24-14(22(33)34)8-17(29)30;/h10-15,18-19,27H,7-9,23H2,1-6H3,(H,24,31)(H,25,28)(H,26,32)(H,29,30)(H,33,34);1H/t13-,14-,15-,18-,19-;/m0./s1. The van der Waals surface area contributed by atoms with E-state index >= 15 is 0 Å². The number of carboxylic acid groups (broad SMARTS) is 2. The number of carboxylic acids is 2. The lowest BCUT2D eigenvalue weighted by Crippen LogP contribution is -2.58. The van der Waals surface area contributed by atoms with E-state index in [-0.39, 0.29) is 30.7 Å².